The van der Waals surface area contributed by atoms with Gasteiger partial charge < -0.3 is 9.84 Å². The highest BCUT2D eigenvalue weighted by Gasteiger charge is 2.42. The third-order valence-corrected chi connectivity index (χ3v) is 3.63. The molecular weight excluding hydrogens is 212 g/mol. The summed E-state index contributed by atoms with van der Waals surface area (Å²) < 4.78 is 5.11. The molecule has 1 atom stereocenters. The molecule has 1 fully saturated rings. The van der Waals surface area contributed by atoms with Gasteiger partial charge in [0.05, 0.1) is 13.2 Å². The van der Waals surface area contributed by atoms with E-state index in [1.165, 1.54) is 11.1 Å². The molecule has 0 aliphatic carbocycles. The van der Waals surface area contributed by atoms with Gasteiger partial charge in [-0.3, -0.25) is 0 Å². The van der Waals surface area contributed by atoms with Crippen LogP contribution in [0.3, 0.4) is 0 Å². The molecule has 2 rings (SSSR count). The standard InChI is InChI=1S/C15H22O2/c1-11(2)8-13-4-6-14(7-5-13)12(3)15(16)9-17-10-15/h4-7,11-12,16H,8-10H2,1-3H3. The van der Waals surface area contributed by atoms with Crippen LogP contribution in [0.1, 0.15) is 37.8 Å². The second kappa shape index (κ2) is 4.79. The van der Waals surface area contributed by atoms with E-state index in [0.717, 1.165) is 6.42 Å². The van der Waals surface area contributed by atoms with Gasteiger partial charge >= 0.3 is 0 Å². The maximum absolute atomic E-state index is 10.2. The zero-order valence-corrected chi connectivity index (χ0v) is 10.9. The van der Waals surface area contributed by atoms with E-state index in [2.05, 4.69) is 45.0 Å². The van der Waals surface area contributed by atoms with Gasteiger partial charge in [-0.05, 0) is 23.5 Å². The smallest absolute Gasteiger partial charge is 0.118 e. The van der Waals surface area contributed by atoms with Crippen LogP contribution in [0, 0.1) is 5.92 Å². The minimum Gasteiger partial charge on any atom is -0.384 e. The molecule has 17 heavy (non-hydrogen) atoms. The molecule has 1 N–H and O–H groups in total. The second-order valence-electron chi connectivity index (χ2n) is 5.66. The van der Waals surface area contributed by atoms with Crippen LogP contribution < -0.4 is 0 Å². The Kier molecular flexibility index (Phi) is 3.55. The summed E-state index contributed by atoms with van der Waals surface area (Å²) in [6, 6.07) is 8.63. The SMILES string of the molecule is CC(C)Cc1ccc(C(C)C2(O)COC2)cc1. The fourth-order valence-corrected chi connectivity index (χ4v) is 2.29. The molecule has 94 valence electrons. The number of benzene rings is 1. The van der Waals surface area contributed by atoms with Crippen LogP contribution in [-0.2, 0) is 11.2 Å². The van der Waals surface area contributed by atoms with Gasteiger partial charge in [0, 0.05) is 5.92 Å². The molecule has 0 radical (unpaired) electrons. The van der Waals surface area contributed by atoms with E-state index >= 15 is 0 Å². The summed E-state index contributed by atoms with van der Waals surface area (Å²) >= 11 is 0. The number of hydrogen-bond donors (Lipinski definition) is 1. The molecule has 0 saturated carbocycles. The highest BCUT2D eigenvalue weighted by molar-refractivity contribution is 5.28. The molecule has 0 spiro atoms. The number of ether oxygens (including phenoxy) is 1. The lowest BCUT2D eigenvalue weighted by molar-refractivity contribution is -0.188. The summed E-state index contributed by atoms with van der Waals surface area (Å²) in [5, 5.41) is 10.2. The van der Waals surface area contributed by atoms with Crippen LogP contribution in [-0.4, -0.2) is 23.9 Å². The minimum atomic E-state index is -0.653. The minimum absolute atomic E-state index is 0.143. The van der Waals surface area contributed by atoms with Gasteiger partial charge in [0.25, 0.3) is 0 Å². The average molecular weight is 234 g/mol. The molecule has 1 aromatic carbocycles. The summed E-state index contributed by atoms with van der Waals surface area (Å²) in [4.78, 5) is 0. The predicted octanol–water partition coefficient (Wildman–Crippen LogP) is 2.75. The highest BCUT2D eigenvalue weighted by Crippen LogP contribution is 2.33. The van der Waals surface area contributed by atoms with E-state index in [1.54, 1.807) is 0 Å². The van der Waals surface area contributed by atoms with Gasteiger partial charge in [0.15, 0.2) is 0 Å². The quantitative estimate of drug-likeness (QED) is 0.868. The first-order valence-electron chi connectivity index (χ1n) is 6.40. The first kappa shape index (κ1) is 12.6. The van der Waals surface area contributed by atoms with Gasteiger partial charge in [-0.25, -0.2) is 0 Å². The number of rotatable bonds is 4. The Morgan fingerprint density at radius 2 is 1.76 bits per heavy atom. The Balaban J connectivity index is 2.07. The normalized spacial score (nSPS) is 20.1. The van der Waals surface area contributed by atoms with Crippen LogP contribution in [0.25, 0.3) is 0 Å². The highest BCUT2D eigenvalue weighted by atomic mass is 16.5. The van der Waals surface area contributed by atoms with Gasteiger partial charge in [-0.15, -0.1) is 0 Å². The topological polar surface area (TPSA) is 29.5 Å². The molecule has 2 nitrogen and oxygen atoms in total. The fraction of sp³-hybridized carbons (Fsp3) is 0.600. The second-order valence-corrected chi connectivity index (χ2v) is 5.66. The summed E-state index contributed by atoms with van der Waals surface area (Å²) in [6.45, 7) is 7.44. The zero-order valence-electron chi connectivity index (χ0n) is 10.9. The van der Waals surface area contributed by atoms with Crippen LogP contribution in [0.4, 0.5) is 0 Å². The van der Waals surface area contributed by atoms with Crippen molar-refractivity contribution >= 4 is 0 Å². The van der Waals surface area contributed by atoms with Crippen LogP contribution >= 0.6 is 0 Å². The average Bonchev–Trinajstić information content (AvgIpc) is 2.25. The molecule has 2 heteroatoms. The van der Waals surface area contributed by atoms with Crippen molar-refractivity contribution in [1.82, 2.24) is 0 Å². The largest absolute Gasteiger partial charge is 0.384 e. The van der Waals surface area contributed by atoms with Gasteiger partial charge in [0.2, 0.25) is 0 Å². The van der Waals surface area contributed by atoms with Gasteiger partial charge in [-0.1, -0.05) is 45.0 Å². The zero-order chi connectivity index (χ0) is 12.5. The lowest BCUT2D eigenvalue weighted by Gasteiger charge is -2.41. The maximum atomic E-state index is 10.2. The summed E-state index contributed by atoms with van der Waals surface area (Å²) in [7, 11) is 0. The molecule has 1 aliphatic heterocycles. The number of aliphatic hydroxyl groups is 1. The van der Waals surface area contributed by atoms with Crippen LogP contribution in [0.15, 0.2) is 24.3 Å². The third-order valence-electron chi connectivity index (χ3n) is 3.63. The molecule has 1 aromatic rings. The van der Waals surface area contributed by atoms with E-state index < -0.39 is 5.60 Å². The molecule has 0 aromatic heterocycles. The van der Waals surface area contributed by atoms with Crippen molar-refractivity contribution in [3.63, 3.8) is 0 Å². The fourth-order valence-electron chi connectivity index (χ4n) is 2.29. The summed E-state index contributed by atoms with van der Waals surface area (Å²) in [6.07, 6.45) is 1.11. The van der Waals surface area contributed by atoms with E-state index in [1.807, 2.05) is 0 Å². The van der Waals surface area contributed by atoms with Crippen molar-refractivity contribution in [2.24, 2.45) is 5.92 Å². The lowest BCUT2D eigenvalue weighted by Crippen LogP contribution is -2.53. The Morgan fingerprint density at radius 1 is 1.18 bits per heavy atom. The van der Waals surface area contributed by atoms with Crippen molar-refractivity contribution in [2.75, 3.05) is 13.2 Å². The van der Waals surface area contributed by atoms with Crippen molar-refractivity contribution < 1.29 is 9.84 Å². The van der Waals surface area contributed by atoms with Crippen molar-refractivity contribution in [1.29, 1.82) is 0 Å². The Morgan fingerprint density at radius 3 is 2.18 bits per heavy atom. The van der Waals surface area contributed by atoms with Crippen molar-refractivity contribution in [3.8, 4) is 0 Å². The molecular formula is C15H22O2. The monoisotopic (exact) mass is 234 g/mol. The number of hydrogen-bond acceptors (Lipinski definition) is 2. The molecule has 1 saturated heterocycles. The van der Waals surface area contributed by atoms with Crippen molar-refractivity contribution in [3.05, 3.63) is 35.4 Å². The Bertz CT molecular complexity index is 363. The Hall–Kier alpha value is -0.860. The van der Waals surface area contributed by atoms with Crippen LogP contribution in [0.5, 0.6) is 0 Å². The predicted molar refractivity (Wildman–Crippen MR) is 69.2 cm³/mol. The van der Waals surface area contributed by atoms with Gasteiger partial charge in [-0.2, -0.15) is 0 Å². The van der Waals surface area contributed by atoms with E-state index in [9.17, 15) is 5.11 Å². The third kappa shape index (κ3) is 2.70. The molecule has 1 heterocycles. The van der Waals surface area contributed by atoms with E-state index in [4.69, 9.17) is 4.74 Å². The van der Waals surface area contributed by atoms with E-state index in [0.29, 0.717) is 19.1 Å². The molecule has 0 amide bonds. The Labute approximate surface area is 104 Å². The van der Waals surface area contributed by atoms with Crippen LogP contribution in [0.2, 0.25) is 0 Å². The first-order valence-corrected chi connectivity index (χ1v) is 6.40. The summed E-state index contributed by atoms with van der Waals surface area (Å²) in [5.74, 6) is 0.826. The molecule has 0 bridgehead atoms. The van der Waals surface area contributed by atoms with Gasteiger partial charge in [0.1, 0.15) is 5.60 Å². The van der Waals surface area contributed by atoms with E-state index in [-0.39, 0.29) is 5.92 Å². The summed E-state index contributed by atoms with van der Waals surface area (Å²) in [5.41, 5.74) is 1.91. The van der Waals surface area contributed by atoms with Crippen molar-refractivity contribution in [2.45, 2.75) is 38.7 Å². The molecule has 1 unspecified atom stereocenters. The first-order chi connectivity index (χ1) is 8.01. The molecule has 1 aliphatic rings. The lowest BCUT2D eigenvalue weighted by atomic mass is 9.81. The maximum Gasteiger partial charge on any atom is 0.118 e.